The molecule has 0 aromatic heterocycles. The summed E-state index contributed by atoms with van der Waals surface area (Å²) in [5.41, 5.74) is 1.04. The van der Waals surface area contributed by atoms with E-state index in [2.05, 4.69) is 21.8 Å². The van der Waals surface area contributed by atoms with E-state index in [-0.39, 0.29) is 34.2 Å². The number of hydrogen-bond donors (Lipinski definition) is 1. The molecule has 33 heavy (non-hydrogen) atoms. The van der Waals surface area contributed by atoms with Gasteiger partial charge in [-0.15, -0.1) is 0 Å². The van der Waals surface area contributed by atoms with Crippen molar-refractivity contribution >= 4 is 15.9 Å². The Morgan fingerprint density at radius 3 is 2.52 bits per heavy atom. The number of carbonyl (C=O) groups excluding carboxylic acids is 1. The van der Waals surface area contributed by atoms with Gasteiger partial charge >= 0.3 is 0 Å². The van der Waals surface area contributed by atoms with Gasteiger partial charge in [-0.3, -0.25) is 4.79 Å². The van der Waals surface area contributed by atoms with Crippen LogP contribution in [-0.4, -0.2) is 37.4 Å². The van der Waals surface area contributed by atoms with Crippen LogP contribution in [0.3, 0.4) is 0 Å². The zero-order valence-corrected chi connectivity index (χ0v) is 19.6. The Hall–Kier alpha value is -2.25. The normalized spacial score (nSPS) is 29.9. The van der Waals surface area contributed by atoms with Crippen molar-refractivity contribution in [2.75, 3.05) is 6.54 Å². The maximum Gasteiger partial charge on any atom is 0.240 e. The van der Waals surface area contributed by atoms with E-state index >= 15 is 0 Å². The summed E-state index contributed by atoms with van der Waals surface area (Å²) in [6, 6.07) is 15.0. The van der Waals surface area contributed by atoms with Gasteiger partial charge in [0.2, 0.25) is 15.9 Å². The third-order valence-electron chi connectivity index (χ3n) is 8.09. The van der Waals surface area contributed by atoms with Crippen molar-refractivity contribution in [2.24, 2.45) is 11.8 Å². The molecule has 2 heterocycles. The van der Waals surface area contributed by atoms with Crippen molar-refractivity contribution in [1.29, 1.82) is 0 Å². The van der Waals surface area contributed by atoms with Crippen molar-refractivity contribution in [2.45, 2.75) is 67.8 Å². The molecule has 176 valence electrons. The van der Waals surface area contributed by atoms with Gasteiger partial charge in [-0.1, -0.05) is 30.3 Å². The van der Waals surface area contributed by atoms with Crippen molar-refractivity contribution in [1.82, 2.24) is 9.62 Å². The van der Waals surface area contributed by atoms with Crippen LogP contribution in [0.4, 0.5) is 4.39 Å². The molecule has 5 nitrogen and oxygen atoms in total. The molecule has 0 unspecified atom stereocenters. The van der Waals surface area contributed by atoms with Gasteiger partial charge in [0, 0.05) is 24.5 Å². The molecule has 3 aliphatic rings. The molecule has 2 aliphatic heterocycles. The summed E-state index contributed by atoms with van der Waals surface area (Å²) in [5.74, 6) is 0.142. The summed E-state index contributed by atoms with van der Waals surface area (Å²) in [6.07, 6.45) is 6.69. The van der Waals surface area contributed by atoms with E-state index in [1.54, 1.807) is 0 Å². The monoisotopic (exact) mass is 470 g/mol. The lowest BCUT2D eigenvalue weighted by Crippen LogP contribution is -2.60. The molecule has 2 aromatic rings. The van der Waals surface area contributed by atoms with Gasteiger partial charge in [-0.25, -0.2) is 17.5 Å². The summed E-state index contributed by atoms with van der Waals surface area (Å²) < 4.78 is 42.8. The molecular weight excluding hydrogens is 439 g/mol. The van der Waals surface area contributed by atoms with Crippen LogP contribution in [0.5, 0.6) is 0 Å². The number of rotatable bonds is 5. The number of sulfonamides is 1. The standard InChI is InChI=1S/C26H31FN2O3S/c27-20-10-12-21(13-11-20)33(31,32)28-24-14-16-26-15-5-17-29(26)25(30)9-4-8-23(26)22(24)18-19-6-2-1-3-7-19/h1-3,6-7,10-13,22-24,28H,4-5,8-9,14-18H2/t22-,23+,24+,26-/m1/s1. The lowest BCUT2D eigenvalue weighted by molar-refractivity contribution is -0.138. The van der Waals surface area contributed by atoms with Crippen LogP contribution in [-0.2, 0) is 21.2 Å². The third-order valence-corrected chi connectivity index (χ3v) is 9.60. The molecule has 0 radical (unpaired) electrons. The van der Waals surface area contributed by atoms with Crippen LogP contribution in [0.1, 0.15) is 50.5 Å². The van der Waals surface area contributed by atoms with Crippen LogP contribution in [0.15, 0.2) is 59.5 Å². The van der Waals surface area contributed by atoms with Crippen LogP contribution >= 0.6 is 0 Å². The fourth-order valence-electron chi connectivity index (χ4n) is 6.69. The molecule has 1 spiro atoms. The SMILES string of the molecule is O=C1CCC[C@H]2[C@@H](Cc3ccccc3)[C@@H](NS(=O)(=O)c3ccc(F)cc3)CC[C@]23CCCN13. The van der Waals surface area contributed by atoms with Crippen molar-refractivity contribution < 1.29 is 17.6 Å². The third kappa shape index (κ3) is 4.21. The topological polar surface area (TPSA) is 66.5 Å². The Kier molecular flexibility index (Phi) is 6.04. The molecule has 4 atom stereocenters. The Labute approximate surface area is 195 Å². The Morgan fingerprint density at radius 2 is 1.76 bits per heavy atom. The zero-order chi connectivity index (χ0) is 23.1. The fraction of sp³-hybridized carbons (Fsp3) is 0.500. The van der Waals surface area contributed by atoms with E-state index in [9.17, 15) is 17.6 Å². The largest absolute Gasteiger partial charge is 0.337 e. The molecule has 7 heteroatoms. The molecule has 0 bridgehead atoms. The summed E-state index contributed by atoms with van der Waals surface area (Å²) in [4.78, 5) is 15.1. The molecule has 1 aliphatic carbocycles. The van der Waals surface area contributed by atoms with Gasteiger partial charge in [0.25, 0.3) is 0 Å². The Morgan fingerprint density at radius 1 is 1.00 bits per heavy atom. The second-order valence-electron chi connectivity index (χ2n) is 9.83. The maximum atomic E-state index is 13.4. The summed E-state index contributed by atoms with van der Waals surface area (Å²) in [6.45, 7) is 0.819. The van der Waals surface area contributed by atoms with Gasteiger partial charge in [-0.2, -0.15) is 0 Å². The van der Waals surface area contributed by atoms with E-state index in [4.69, 9.17) is 0 Å². The molecule has 1 amide bonds. The van der Waals surface area contributed by atoms with E-state index in [1.807, 2.05) is 18.2 Å². The predicted molar refractivity (Wildman–Crippen MR) is 124 cm³/mol. The minimum Gasteiger partial charge on any atom is -0.337 e. The Balaban J connectivity index is 1.49. The van der Waals surface area contributed by atoms with Gasteiger partial charge in [0.05, 0.1) is 4.90 Å². The van der Waals surface area contributed by atoms with Crippen molar-refractivity contribution in [3.05, 3.63) is 66.0 Å². The number of nitrogens with one attached hydrogen (secondary N) is 1. The van der Waals surface area contributed by atoms with Gasteiger partial charge < -0.3 is 4.90 Å². The minimum atomic E-state index is -3.78. The number of benzene rings is 2. The fourth-order valence-corrected chi connectivity index (χ4v) is 8.01. The molecule has 2 aromatic carbocycles. The second kappa shape index (κ2) is 8.84. The molecule has 2 saturated heterocycles. The molecule has 1 saturated carbocycles. The maximum absolute atomic E-state index is 13.4. The minimum absolute atomic E-state index is 0.0844. The van der Waals surface area contributed by atoms with E-state index in [0.717, 1.165) is 45.1 Å². The first-order valence-corrected chi connectivity index (χ1v) is 13.5. The molecule has 5 rings (SSSR count). The summed E-state index contributed by atoms with van der Waals surface area (Å²) >= 11 is 0. The van der Waals surface area contributed by atoms with Crippen LogP contribution < -0.4 is 4.72 Å². The highest BCUT2D eigenvalue weighted by Gasteiger charge is 2.56. The van der Waals surface area contributed by atoms with Crippen molar-refractivity contribution in [3.63, 3.8) is 0 Å². The van der Waals surface area contributed by atoms with E-state index in [0.29, 0.717) is 12.8 Å². The zero-order valence-electron chi connectivity index (χ0n) is 18.8. The van der Waals surface area contributed by atoms with Gasteiger partial charge in [0.15, 0.2) is 0 Å². The lowest BCUT2D eigenvalue weighted by atomic mass is 9.61. The van der Waals surface area contributed by atoms with E-state index < -0.39 is 15.8 Å². The summed E-state index contributed by atoms with van der Waals surface area (Å²) in [5, 5.41) is 0. The van der Waals surface area contributed by atoms with Crippen LogP contribution in [0.25, 0.3) is 0 Å². The first-order chi connectivity index (χ1) is 15.9. The summed E-state index contributed by atoms with van der Waals surface area (Å²) in [7, 11) is -3.78. The van der Waals surface area contributed by atoms with Crippen molar-refractivity contribution in [3.8, 4) is 0 Å². The van der Waals surface area contributed by atoms with Gasteiger partial charge in [0.1, 0.15) is 5.82 Å². The highest BCUT2D eigenvalue weighted by Crippen LogP contribution is 2.52. The highest BCUT2D eigenvalue weighted by atomic mass is 32.2. The van der Waals surface area contributed by atoms with Gasteiger partial charge in [-0.05, 0) is 86.6 Å². The lowest BCUT2D eigenvalue weighted by Gasteiger charge is -2.53. The molecule has 1 N–H and O–H groups in total. The molecule has 3 fully saturated rings. The van der Waals surface area contributed by atoms with Crippen LogP contribution in [0.2, 0.25) is 0 Å². The van der Waals surface area contributed by atoms with Crippen LogP contribution in [0, 0.1) is 17.7 Å². The number of hydrogen-bond acceptors (Lipinski definition) is 3. The number of amides is 1. The quantitative estimate of drug-likeness (QED) is 0.709. The first kappa shape index (κ1) is 22.5. The highest BCUT2D eigenvalue weighted by molar-refractivity contribution is 7.89. The first-order valence-electron chi connectivity index (χ1n) is 12.0. The molecular formula is C26H31FN2O3S. The van der Waals surface area contributed by atoms with E-state index in [1.165, 1.54) is 29.8 Å². The number of carbonyl (C=O) groups is 1. The average Bonchev–Trinajstić information content (AvgIpc) is 3.17. The number of nitrogens with zero attached hydrogens (tertiary/aromatic N) is 1. The predicted octanol–water partition coefficient (Wildman–Crippen LogP) is 4.29. The smallest absolute Gasteiger partial charge is 0.240 e. The Bertz CT molecular complexity index is 1110. The average molecular weight is 471 g/mol. The second-order valence-corrected chi connectivity index (χ2v) is 11.5. The number of halogens is 1.